The number of likely N-dealkylation sites (N-methyl/N-ethyl adjacent to an activating group) is 1. The third kappa shape index (κ3) is 4.10. The van der Waals surface area contributed by atoms with Gasteiger partial charge in [0.25, 0.3) is 0 Å². The largest absolute Gasteiger partial charge is 0.339 e. The fourth-order valence-corrected chi connectivity index (χ4v) is 1.73. The van der Waals surface area contributed by atoms with Crippen molar-refractivity contribution in [3.8, 4) is 0 Å². The SMILES string of the molecule is CC1CN(C(=O)CNC(C)(C)C)CCN1C. The summed E-state index contributed by atoms with van der Waals surface area (Å²) in [6, 6.07) is 0.465. The van der Waals surface area contributed by atoms with Gasteiger partial charge in [0, 0.05) is 31.2 Å². The Labute approximate surface area is 99.0 Å². The summed E-state index contributed by atoms with van der Waals surface area (Å²) in [7, 11) is 2.11. The molecule has 0 radical (unpaired) electrons. The molecule has 1 amide bonds. The van der Waals surface area contributed by atoms with Crippen molar-refractivity contribution >= 4 is 5.91 Å². The lowest BCUT2D eigenvalue weighted by atomic mass is 10.1. The maximum Gasteiger partial charge on any atom is 0.236 e. The van der Waals surface area contributed by atoms with E-state index in [2.05, 4.69) is 45.0 Å². The Kier molecular flexibility index (Phi) is 4.33. The van der Waals surface area contributed by atoms with E-state index in [-0.39, 0.29) is 11.4 Å². The molecule has 16 heavy (non-hydrogen) atoms. The Bertz CT molecular complexity index is 247. The number of carbonyl (C=O) groups is 1. The van der Waals surface area contributed by atoms with Crippen LogP contribution in [0.2, 0.25) is 0 Å². The Morgan fingerprint density at radius 1 is 1.38 bits per heavy atom. The molecule has 1 aliphatic rings. The highest BCUT2D eigenvalue weighted by Gasteiger charge is 2.24. The lowest BCUT2D eigenvalue weighted by molar-refractivity contribution is -0.133. The van der Waals surface area contributed by atoms with E-state index in [1.54, 1.807) is 0 Å². The minimum Gasteiger partial charge on any atom is -0.339 e. The van der Waals surface area contributed by atoms with Crippen LogP contribution in [0.25, 0.3) is 0 Å². The van der Waals surface area contributed by atoms with Gasteiger partial charge in [-0.05, 0) is 34.7 Å². The van der Waals surface area contributed by atoms with E-state index in [9.17, 15) is 4.79 Å². The van der Waals surface area contributed by atoms with E-state index < -0.39 is 0 Å². The summed E-state index contributed by atoms with van der Waals surface area (Å²) in [4.78, 5) is 16.2. The molecule has 1 saturated heterocycles. The molecule has 1 aliphatic heterocycles. The second-order valence-corrected chi connectivity index (χ2v) is 5.77. The summed E-state index contributed by atoms with van der Waals surface area (Å²) >= 11 is 0. The molecule has 0 saturated carbocycles. The van der Waals surface area contributed by atoms with Crippen LogP contribution in [0.15, 0.2) is 0 Å². The summed E-state index contributed by atoms with van der Waals surface area (Å²) in [5.41, 5.74) is 0.00779. The van der Waals surface area contributed by atoms with Gasteiger partial charge in [0.2, 0.25) is 5.91 Å². The van der Waals surface area contributed by atoms with E-state index in [1.807, 2.05) is 4.90 Å². The molecule has 1 rings (SSSR count). The lowest BCUT2D eigenvalue weighted by Crippen LogP contribution is -2.54. The minimum absolute atomic E-state index is 0.00779. The maximum atomic E-state index is 11.9. The van der Waals surface area contributed by atoms with Gasteiger partial charge in [-0.2, -0.15) is 0 Å². The van der Waals surface area contributed by atoms with Crippen LogP contribution in [0.3, 0.4) is 0 Å². The molecule has 0 aromatic rings. The van der Waals surface area contributed by atoms with E-state index in [4.69, 9.17) is 0 Å². The number of rotatable bonds is 2. The summed E-state index contributed by atoms with van der Waals surface area (Å²) in [5.74, 6) is 0.217. The first kappa shape index (κ1) is 13.5. The molecule has 4 heteroatoms. The van der Waals surface area contributed by atoms with Crippen LogP contribution in [0.1, 0.15) is 27.7 Å². The van der Waals surface area contributed by atoms with Gasteiger partial charge >= 0.3 is 0 Å². The summed E-state index contributed by atoms with van der Waals surface area (Å²) in [5, 5.41) is 3.24. The van der Waals surface area contributed by atoms with Crippen LogP contribution in [-0.2, 0) is 4.79 Å². The Morgan fingerprint density at radius 3 is 2.50 bits per heavy atom. The molecule has 0 spiro atoms. The molecule has 94 valence electrons. The van der Waals surface area contributed by atoms with Crippen LogP contribution in [0.5, 0.6) is 0 Å². The quantitative estimate of drug-likeness (QED) is 0.748. The van der Waals surface area contributed by atoms with Crippen molar-refractivity contribution in [2.24, 2.45) is 0 Å². The maximum absolute atomic E-state index is 11.9. The first-order chi connectivity index (χ1) is 7.29. The van der Waals surface area contributed by atoms with Crippen molar-refractivity contribution in [1.29, 1.82) is 0 Å². The molecule has 0 aromatic carbocycles. The lowest BCUT2D eigenvalue weighted by Gasteiger charge is -2.38. The van der Waals surface area contributed by atoms with Gasteiger partial charge in [-0.1, -0.05) is 0 Å². The van der Waals surface area contributed by atoms with Crippen LogP contribution in [0.4, 0.5) is 0 Å². The number of nitrogens with zero attached hydrogens (tertiary/aromatic N) is 2. The van der Waals surface area contributed by atoms with Crippen molar-refractivity contribution in [3.63, 3.8) is 0 Å². The van der Waals surface area contributed by atoms with Crippen LogP contribution >= 0.6 is 0 Å². The molecule has 0 aromatic heterocycles. The predicted molar refractivity (Wildman–Crippen MR) is 66.4 cm³/mol. The third-order valence-corrected chi connectivity index (χ3v) is 3.08. The zero-order valence-corrected chi connectivity index (χ0v) is 11.2. The van der Waals surface area contributed by atoms with Crippen molar-refractivity contribution in [2.75, 3.05) is 33.2 Å². The van der Waals surface area contributed by atoms with Crippen LogP contribution < -0.4 is 5.32 Å². The smallest absolute Gasteiger partial charge is 0.236 e. The zero-order chi connectivity index (χ0) is 12.3. The number of amides is 1. The summed E-state index contributed by atoms with van der Waals surface area (Å²) < 4.78 is 0. The van der Waals surface area contributed by atoms with Gasteiger partial charge in [-0.15, -0.1) is 0 Å². The van der Waals surface area contributed by atoms with Gasteiger partial charge in [-0.25, -0.2) is 0 Å². The Hall–Kier alpha value is -0.610. The molecule has 1 atom stereocenters. The molecule has 1 heterocycles. The Morgan fingerprint density at radius 2 is 2.00 bits per heavy atom. The van der Waals surface area contributed by atoms with Gasteiger partial charge in [0.05, 0.1) is 6.54 Å². The average molecular weight is 227 g/mol. The average Bonchev–Trinajstić information content (AvgIpc) is 2.17. The molecule has 4 nitrogen and oxygen atoms in total. The zero-order valence-electron chi connectivity index (χ0n) is 11.2. The third-order valence-electron chi connectivity index (χ3n) is 3.08. The fraction of sp³-hybridized carbons (Fsp3) is 0.917. The summed E-state index contributed by atoms with van der Waals surface area (Å²) in [6.07, 6.45) is 0. The Balaban J connectivity index is 2.38. The normalized spacial score (nSPS) is 23.6. The topological polar surface area (TPSA) is 35.6 Å². The number of nitrogens with one attached hydrogen (secondary N) is 1. The molecule has 0 aliphatic carbocycles. The minimum atomic E-state index is 0.00779. The van der Waals surface area contributed by atoms with E-state index in [0.29, 0.717) is 12.6 Å². The van der Waals surface area contributed by atoms with E-state index in [1.165, 1.54) is 0 Å². The number of piperazine rings is 1. The predicted octanol–water partition coefficient (Wildman–Crippen LogP) is 0.537. The van der Waals surface area contributed by atoms with E-state index >= 15 is 0 Å². The number of hydrogen-bond acceptors (Lipinski definition) is 3. The first-order valence-electron chi connectivity index (χ1n) is 6.02. The first-order valence-corrected chi connectivity index (χ1v) is 6.02. The number of carbonyl (C=O) groups excluding carboxylic acids is 1. The molecule has 1 unspecified atom stereocenters. The highest BCUT2D eigenvalue weighted by molar-refractivity contribution is 5.78. The van der Waals surface area contributed by atoms with Crippen LogP contribution in [-0.4, -0.2) is 60.5 Å². The van der Waals surface area contributed by atoms with Crippen molar-refractivity contribution < 1.29 is 4.79 Å². The van der Waals surface area contributed by atoms with Crippen molar-refractivity contribution in [2.45, 2.75) is 39.3 Å². The highest BCUT2D eigenvalue weighted by Crippen LogP contribution is 2.07. The van der Waals surface area contributed by atoms with Crippen molar-refractivity contribution in [3.05, 3.63) is 0 Å². The van der Waals surface area contributed by atoms with E-state index in [0.717, 1.165) is 19.6 Å². The van der Waals surface area contributed by atoms with Gasteiger partial charge < -0.3 is 15.1 Å². The standard InChI is InChI=1S/C12H25N3O/c1-10-9-15(7-6-14(10)5)11(16)8-13-12(2,3)4/h10,13H,6-9H2,1-5H3. The van der Waals surface area contributed by atoms with Gasteiger partial charge in [0.1, 0.15) is 0 Å². The highest BCUT2D eigenvalue weighted by atomic mass is 16.2. The molecule has 1 N–H and O–H groups in total. The fourth-order valence-electron chi connectivity index (χ4n) is 1.73. The van der Waals surface area contributed by atoms with Gasteiger partial charge in [-0.3, -0.25) is 4.79 Å². The van der Waals surface area contributed by atoms with Crippen LogP contribution in [0, 0.1) is 0 Å². The second-order valence-electron chi connectivity index (χ2n) is 5.77. The molecule has 1 fully saturated rings. The summed E-state index contributed by atoms with van der Waals surface area (Å²) in [6.45, 7) is 11.5. The monoisotopic (exact) mass is 227 g/mol. The molecular formula is C12H25N3O. The second kappa shape index (κ2) is 5.15. The van der Waals surface area contributed by atoms with Gasteiger partial charge in [0.15, 0.2) is 0 Å². The number of hydrogen-bond donors (Lipinski definition) is 1. The van der Waals surface area contributed by atoms with Crippen molar-refractivity contribution in [1.82, 2.24) is 15.1 Å². The molecule has 0 bridgehead atoms. The molecular weight excluding hydrogens is 202 g/mol.